The van der Waals surface area contributed by atoms with Gasteiger partial charge in [0, 0.05) is 28.5 Å². The smallest absolute Gasteiger partial charge is 0.343 e. The summed E-state index contributed by atoms with van der Waals surface area (Å²) in [4.78, 5) is 38.4. The lowest BCUT2D eigenvalue weighted by molar-refractivity contribution is -0.392. The topological polar surface area (TPSA) is 146 Å². The van der Waals surface area contributed by atoms with Gasteiger partial charge >= 0.3 is 5.82 Å². The van der Waals surface area contributed by atoms with Gasteiger partial charge in [0.15, 0.2) is 12.4 Å². The molecule has 0 unspecified atom stereocenters. The Morgan fingerprint density at radius 1 is 1.22 bits per heavy atom. The maximum atomic E-state index is 12.1. The SMILES string of the molecule is Cc1ncc([N+](=O)[O-])n1CC(=O)N/N=C\c1ccc(Sc2ccc(Cl)cc2)c([N+](=O)[O-])c1. The number of carbonyl (C=O) groups excluding carboxylic acids is 1. The number of nitro groups is 2. The molecular formula is C19H15ClN6O5S. The predicted octanol–water partition coefficient (Wildman–Crippen LogP) is 3.96. The van der Waals surface area contributed by atoms with Crippen LogP contribution in [0.2, 0.25) is 5.02 Å². The van der Waals surface area contributed by atoms with Crippen molar-refractivity contribution in [1.82, 2.24) is 15.0 Å². The van der Waals surface area contributed by atoms with Gasteiger partial charge in [0.1, 0.15) is 6.20 Å². The molecule has 0 aliphatic carbocycles. The maximum Gasteiger partial charge on any atom is 0.343 e. The van der Waals surface area contributed by atoms with Crippen LogP contribution >= 0.6 is 23.4 Å². The van der Waals surface area contributed by atoms with Gasteiger partial charge in [-0.05, 0) is 35.3 Å². The molecule has 1 N–H and O–H groups in total. The van der Waals surface area contributed by atoms with Crippen molar-refractivity contribution in [2.45, 2.75) is 23.3 Å². The predicted molar refractivity (Wildman–Crippen MR) is 118 cm³/mol. The Balaban J connectivity index is 1.69. The number of aromatic nitrogens is 2. The zero-order valence-electron chi connectivity index (χ0n) is 16.5. The van der Waals surface area contributed by atoms with Gasteiger partial charge in [-0.15, -0.1) is 0 Å². The van der Waals surface area contributed by atoms with Crippen molar-refractivity contribution in [2.75, 3.05) is 0 Å². The van der Waals surface area contributed by atoms with Crippen molar-refractivity contribution in [3.63, 3.8) is 0 Å². The van der Waals surface area contributed by atoms with Gasteiger partial charge in [-0.25, -0.2) is 15.0 Å². The number of hydrogen-bond acceptors (Lipinski definition) is 8. The van der Waals surface area contributed by atoms with E-state index in [1.54, 1.807) is 36.4 Å². The number of nitro benzene ring substituents is 1. The molecule has 1 aromatic heterocycles. The summed E-state index contributed by atoms with van der Waals surface area (Å²) in [6.07, 6.45) is 2.31. The van der Waals surface area contributed by atoms with E-state index in [9.17, 15) is 25.0 Å². The standard InChI is InChI=1S/C19H15ClN6O5S/c1-12-21-10-19(26(30)31)24(12)11-18(27)23-22-9-13-2-7-17(16(8-13)25(28)29)32-15-5-3-14(20)4-6-15/h2-10H,11H2,1H3,(H,23,27)/b22-9-. The van der Waals surface area contributed by atoms with Crippen molar-refractivity contribution < 1.29 is 14.6 Å². The minimum atomic E-state index is -0.640. The first-order chi connectivity index (χ1) is 15.2. The van der Waals surface area contributed by atoms with E-state index in [1.807, 2.05) is 0 Å². The summed E-state index contributed by atoms with van der Waals surface area (Å²) in [6.45, 7) is 1.18. The molecule has 0 spiro atoms. The number of hydrazone groups is 1. The molecule has 1 heterocycles. The second-order valence-electron chi connectivity index (χ2n) is 6.34. The molecule has 13 heteroatoms. The lowest BCUT2D eigenvalue weighted by atomic mass is 10.2. The molecule has 1 amide bonds. The Morgan fingerprint density at radius 3 is 2.59 bits per heavy atom. The summed E-state index contributed by atoms with van der Waals surface area (Å²) in [5.41, 5.74) is 2.51. The molecule has 164 valence electrons. The molecule has 2 aromatic carbocycles. The second-order valence-corrected chi connectivity index (χ2v) is 7.89. The van der Waals surface area contributed by atoms with Gasteiger partial charge in [-0.1, -0.05) is 29.4 Å². The Kier molecular flexibility index (Phi) is 7.18. The van der Waals surface area contributed by atoms with Gasteiger partial charge in [0.25, 0.3) is 11.6 Å². The molecule has 0 saturated heterocycles. The van der Waals surface area contributed by atoms with Crippen molar-refractivity contribution >= 4 is 47.0 Å². The van der Waals surface area contributed by atoms with E-state index in [0.29, 0.717) is 21.3 Å². The van der Waals surface area contributed by atoms with Crippen molar-refractivity contribution in [3.05, 3.63) is 85.3 Å². The number of amides is 1. The highest BCUT2D eigenvalue weighted by Crippen LogP contribution is 2.35. The lowest BCUT2D eigenvalue weighted by Gasteiger charge is -2.05. The zero-order valence-corrected chi connectivity index (χ0v) is 18.0. The monoisotopic (exact) mass is 474 g/mol. The maximum absolute atomic E-state index is 12.1. The van der Waals surface area contributed by atoms with E-state index in [0.717, 1.165) is 15.7 Å². The fourth-order valence-electron chi connectivity index (χ4n) is 2.63. The van der Waals surface area contributed by atoms with E-state index in [2.05, 4.69) is 15.5 Å². The Hall–Kier alpha value is -3.77. The van der Waals surface area contributed by atoms with Gasteiger partial charge in [-0.2, -0.15) is 5.10 Å². The lowest BCUT2D eigenvalue weighted by Crippen LogP contribution is -2.24. The molecule has 0 radical (unpaired) electrons. The molecule has 32 heavy (non-hydrogen) atoms. The summed E-state index contributed by atoms with van der Waals surface area (Å²) < 4.78 is 1.14. The van der Waals surface area contributed by atoms with E-state index in [-0.39, 0.29) is 18.1 Å². The third-order valence-electron chi connectivity index (χ3n) is 4.15. The number of nitrogens with zero attached hydrogens (tertiary/aromatic N) is 5. The number of imidazole rings is 1. The van der Waals surface area contributed by atoms with Gasteiger partial charge < -0.3 is 10.1 Å². The highest BCUT2D eigenvalue weighted by Gasteiger charge is 2.20. The van der Waals surface area contributed by atoms with Crippen LogP contribution in [0.25, 0.3) is 0 Å². The van der Waals surface area contributed by atoms with E-state index in [1.165, 1.54) is 31.0 Å². The summed E-state index contributed by atoms with van der Waals surface area (Å²) in [5, 5.41) is 26.8. The number of nitrogens with one attached hydrogen (secondary N) is 1. The normalized spacial score (nSPS) is 10.9. The zero-order chi connectivity index (χ0) is 23.3. The van der Waals surface area contributed by atoms with Crippen LogP contribution in [0.3, 0.4) is 0 Å². The molecule has 0 bridgehead atoms. The minimum Gasteiger partial charge on any atom is -0.358 e. The minimum absolute atomic E-state index is 0.120. The van der Waals surface area contributed by atoms with Crippen LogP contribution in [-0.2, 0) is 11.3 Å². The fraction of sp³-hybridized carbons (Fsp3) is 0.105. The average molecular weight is 475 g/mol. The Labute approximate surface area is 190 Å². The number of aryl methyl sites for hydroxylation is 1. The van der Waals surface area contributed by atoms with E-state index in [4.69, 9.17) is 11.6 Å². The number of benzene rings is 2. The van der Waals surface area contributed by atoms with Gasteiger partial charge in [-0.3, -0.25) is 14.9 Å². The van der Waals surface area contributed by atoms with Crippen LogP contribution in [0.4, 0.5) is 11.5 Å². The van der Waals surface area contributed by atoms with E-state index < -0.39 is 15.8 Å². The molecule has 3 aromatic rings. The first-order valence-corrected chi connectivity index (χ1v) is 10.1. The van der Waals surface area contributed by atoms with Crippen LogP contribution in [0.1, 0.15) is 11.4 Å². The van der Waals surface area contributed by atoms with Crippen LogP contribution in [-0.4, -0.2) is 31.5 Å². The van der Waals surface area contributed by atoms with Crippen LogP contribution in [0.15, 0.2) is 63.6 Å². The molecule has 0 saturated carbocycles. The summed E-state index contributed by atoms with van der Waals surface area (Å²) in [7, 11) is 0. The second kappa shape index (κ2) is 10.0. The van der Waals surface area contributed by atoms with Gasteiger partial charge in [0.05, 0.1) is 16.0 Å². The molecule has 3 rings (SSSR count). The quantitative estimate of drug-likeness (QED) is 0.295. The Morgan fingerprint density at radius 2 is 1.94 bits per heavy atom. The highest BCUT2D eigenvalue weighted by atomic mass is 35.5. The molecule has 0 atom stereocenters. The largest absolute Gasteiger partial charge is 0.358 e. The molecule has 0 aliphatic rings. The highest BCUT2D eigenvalue weighted by molar-refractivity contribution is 7.99. The third kappa shape index (κ3) is 5.68. The summed E-state index contributed by atoms with van der Waals surface area (Å²) >= 11 is 7.08. The van der Waals surface area contributed by atoms with Crippen molar-refractivity contribution in [2.24, 2.45) is 5.10 Å². The number of hydrogen-bond donors (Lipinski definition) is 1. The Bertz CT molecular complexity index is 1210. The average Bonchev–Trinajstić information content (AvgIpc) is 3.11. The third-order valence-corrected chi connectivity index (χ3v) is 5.47. The molecule has 11 nitrogen and oxygen atoms in total. The van der Waals surface area contributed by atoms with Crippen molar-refractivity contribution in [3.8, 4) is 0 Å². The van der Waals surface area contributed by atoms with Crippen LogP contribution < -0.4 is 5.43 Å². The van der Waals surface area contributed by atoms with Crippen LogP contribution in [0, 0.1) is 27.2 Å². The first kappa shape index (κ1) is 22.9. The molecular weight excluding hydrogens is 460 g/mol. The van der Waals surface area contributed by atoms with E-state index >= 15 is 0 Å². The van der Waals surface area contributed by atoms with Gasteiger partial charge in [0.2, 0.25) is 0 Å². The first-order valence-electron chi connectivity index (χ1n) is 8.95. The number of rotatable bonds is 8. The summed E-state index contributed by atoms with van der Waals surface area (Å²) in [5.74, 6) is -0.624. The van der Waals surface area contributed by atoms with Crippen molar-refractivity contribution in [1.29, 1.82) is 0 Å². The molecule has 0 fully saturated rings. The molecule has 0 aliphatic heterocycles. The number of halogens is 1. The van der Waals surface area contributed by atoms with Crippen LogP contribution in [0.5, 0.6) is 0 Å². The summed E-state index contributed by atoms with van der Waals surface area (Å²) in [6, 6.07) is 11.4. The fourth-order valence-corrected chi connectivity index (χ4v) is 3.65. The number of carbonyl (C=O) groups is 1.